The number of halogens is 1. The second-order valence-electron chi connectivity index (χ2n) is 11.7. The third-order valence-electron chi connectivity index (χ3n) is 8.03. The Morgan fingerprint density at radius 2 is 1.30 bits per heavy atom. The van der Waals surface area contributed by atoms with E-state index >= 15 is 0 Å². The van der Waals surface area contributed by atoms with Crippen molar-refractivity contribution in [3.63, 3.8) is 0 Å². The number of benzene rings is 4. The van der Waals surface area contributed by atoms with Crippen LogP contribution in [0.4, 0.5) is 4.79 Å². The number of amides is 3. The molecule has 0 saturated carbocycles. The minimum Gasteiger partial charge on any atom is -0.461 e. The summed E-state index contributed by atoms with van der Waals surface area (Å²) in [4.78, 5) is 56.2. The molecule has 0 saturated heterocycles. The average molecular weight is 699 g/mol. The number of esters is 1. The fourth-order valence-corrected chi connectivity index (χ4v) is 5.51. The largest absolute Gasteiger partial charge is 0.461 e. The molecule has 4 rings (SSSR count). The summed E-state index contributed by atoms with van der Waals surface area (Å²) in [5.74, 6) is -1.97. The molecular formula is C39H43ClN4O6. The molecule has 5 N–H and O–H groups in total. The summed E-state index contributed by atoms with van der Waals surface area (Å²) in [6.45, 7) is 0.279. The molecule has 0 spiro atoms. The van der Waals surface area contributed by atoms with Crippen molar-refractivity contribution in [3.8, 4) is 0 Å². The molecule has 0 aromatic heterocycles. The molecule has 262 valence electrons. The molecule has 4 aromatic carbocycles. The van der Waals surface area contributed by atoms with Crippen molar-refractivity contribution < 1.29 is 28.7 Å². The van der Waals surface area contributed by atoms with E-state index < -0.39 is 42.0 Å². The Morgan fingerprint density at radius 3 is 1.90 bits per heavy atom. The monoisotopic (exact) mass is 698 g/mol. The van der Waals surface area contributed by atoms with Crippen molar-refractivity contribution in [3.05, 3.63) is 143 Å². The number of imide groups is 1. The van der Waals surface area contributed by atoms with Gasteiger partial charge >= 0.3 is 12.1 Å². The first-order chi connectivity index (χ1) is 24.3. The second kappa shape index (κ2) is 19.8. The molecule has 10 nitrogen and oxygen atoms in total. The highest BCUT2D eigenvalue weighted by atomic mass is 35.5. The van der Waals surface area contributed by atoms with E-state index in [0.717, 1.165) is 10.5 Å². The Balaban J connectivity index is 1.67. The van der Waals surface area contributed by atoms with E-state index in [0.29, 0.717) is 47.5 Å². The van der Waals surface area contributed by atoms with Crippen molar-refractivity contribution in [2.24, 2.45) is 11.5 Å². The standard InChI is InChI=1S/C39H43ClN4O6/c40-32-21-11-10-20-31(32)27-50-39(48)44(36(29-16-6-2-7-17-29)30-18-8-3-9-19-30)38(47)34(43-37(46)33(42)22-12-13-25-41)23-24-35(45)49-26-28-14-4-1-5-15-28/h1-11,14-21,33-34,36H,12-13,22-27,41-42H2,(H,43,46)/t33-,34-/m0/s1. The molecule has 0 aliphatic rings. The van der Waals surface area contributed by atoms with Gasteiger partial charge in [0, 0.05) is 17.0 Å². The van der Waals surface area contributed by atoms with Crippen LogP contribution in [0, 0.1) is 0 Å². The number of nitrogens with one attached hydrogen (secondary N) is 1. The Bertz CT molecular complexity index is 1640. The van der Waals surface area contributed by atoms with Gasteiger partial charge in [0.05, 0.1) is 12.1 Å². The summed E-state index contributed by atoms with van der Waals surface area (Å²) in [7, 11) is 0. The van der Waals surface area contributed by atoms with Crippen LogP contribution in [0.25, 0.3) is 0 Å². The zero-order valence-corrected chi connectivity index (χ0v) is 28.5. The summed E-state index contributed by atoms with van der Waals surface area (Å²) in [5.41, 5.74) is 14.4. The van der Waals surface area contributed by atoms with Crippen LogP contribution in [0.3, 0.4) is 0 Å². The lowest BCUT2D eigenvalue weighted by Gasteiger charge is -2.33. The maximum Gasteiger partial charge on any atom is 0.417 e. The van der Waals surface area contributed by atoms with Gasteiger partial charge in [0.2, 0.25) is 5.91 Å². The molecule has 0 fully saturated rings. The van der Waals surface area contributed by atoms with Crippen LogP contribution in [-0.2, 0) is 37.1 Å². The van der Waals surface area contributed by atoms with Crippen LogP contribution in [0.1, 0.15) is 60.4 Å². The van der Waals surface area contributed by atoms with Gasteiger partial charge in [0.1, 0.15) is 19.3 Å². The quantitative estimate of drug-likeness (QED) is 0.0889. The van der Waals surface area contributed by atoms with E-state index in [9.17, 15) is 19.2 Å². The summed E-state index contributed by atoms with van der Waals surface area (Å²) in [6, 6.07) is 30.8. The molecule has 0 bridgehead atoms. The number of nitrogens with two attached hydrogens (primary N) is 2. The average Bonchev–Trinajstić information content (AvgIpc) is 3.15. The first kappa shape index (κ1) is 37.8. The maximum absolute atomic E-state index is 14.7. The molecule has 11 heteroatoms. The minimum absolute atomic E-state index is 0.0429. The second-order valence-corrected chi connectivity index (χ2v) is 12.1. The highest BCUT2D eigenvalue weighted by Crippen LogP contribution is 2.31. The SMILES string of the molecule is NCCCC[C@H](N)C(=O)N[C@@H](CCC(=O)OCc1ccccc1)C(=O)N(C(=O)OCc1ccccc1Cl)C(c1ccccc1)c1ccccc1. The molecular weight excluding hydrogens is 656 g/mol. The van der Waals surface area contributed by atoms with E-state index in [-0.39, 0.29) is 26.1 Å². The number of rotatable bonds is 17. The predicted molar refractivity (Wildman–Crippen MR) is 191 cm³/mol. The van der Waals surface area contributed by atoms with Gasteiger partial charge in [-0.05, 0) is 48.6 Å². The summed E-state index contributed by atoms with van der Waals surface area (Å²) in [5, 5.41) is 3.12. The lowest BCUT2D eigenvalue weighted by molar-refractivity contribution is -0.145. The van der Waals surface area contributed by atoms with E-state index in [1.807, 2.05) is 42.5 Å². The molecule has 0 radical (unpaired) electrons. The van der Waals surface area contributed by atoms with E-state index in [1.54, 1.807) is 72.8 Å². The van der Waals surface area contributed by atoms with Crippen molar-refractivity contribution in [2.45, 2.75) is 63.4 Å². The summed E-state index contributed by atoms with van der Waals surface area (Å²) < 4.78 is 11.2. The summed E-state index contributed by atoms with van der Waals surface area (Å²) in [6.07, 6.45) is 0.264. The van der Waals surface area contributed by atoms with E-state index in [4.69, 9.17) is 32.5 Å². The van der Waals surface area contributed by atoms with Crippen LogP contribution in [0.5, 0.6) is 0 Å². The minimum atomic E-state index is -1.34. The van der Waals surface area contributed by atoms with Crippen LogP contribution >= 0.6 is 11.6 Å². The van der Waals surface area contributed by atoms with Gasteiger partial charge in [-0.3, -0.25) is 14.4 Å². The van der Waals surface area contributed by atoms with Gasteiger partial charge in [-0.25, -0.2) is 9.69 Å². The Hall–Kier alpha value is -5.03. The smallest absolute Gasteiger partial charge is 0.417 e. The number of nitrogens with zero attached hydrogens (tertiary/aromatic N) is 1. The van der Waals surface area contributed by atoms with Crippen molar-refractivity contribution in [2.75, 3.05) is 6.54 Å². The van der Waals surface area contributed by atoms with Crippen molar-refractivity contribution >= 4 is 35.5 Å². The van der Waals surface area contributed by atoms with Gasteiger partial charge in [-0.1, -0.05) is 127 Å². The molecule has 0 aliphatic heterocycles. The molecule has 4 aromatic rings. The zero-order valence-electron chi connectivity index (χ0n) is 27.8. The first-order valence-corrected chi connectivity index (χ1v) is 16.9. The molecule has 0 aliphatic carbocycles. The molecule has 50 heavy (non-hydrogen) atoms. The van der Waals surface area contributed by atoms with Crippen LogP contribution in [0.2, 0.25) is 5.02 Å². The number of carbonyl (C=O) groups is 4. The number of hydrogen-bond acceptors (Lipinski definition) is 8. The number of carbonyl (C=O) groups excluding carboxylic acids is 4. The highest BCUT2D eigenvalue weighted by molar-refractivity contribution is 6.31. The van der Waals surface area contributed by atoms with Crippen LogP contribution in [0.15, 0.2) is 115 Å². The van der Waals surface area contributed by atoms with Gasteiger partial charge < -0.3 is 26.3 Å². The Kier molecular flexibility index (Phi) is 15.0. The van der Waals surface area contributed by atoms with Crippen LogP contribution in [-0.4, -0.2) is 47.4 Å². The zero-order chi connectivity index (χ0) is 35.7. The lowest BCUT2D eigenvalue weighted by Crippen LogP contribution is -2.55. The molecule has 0 unspecified atom stereocenters. The first-order valence-electron chi connectivity index (χ1n) is 16.6. The van der Waals surface area contributed by atoms with Crippen LogP contribution < -0.4 is 16.8 Å². The van der Waals surface area contributed by atoms with Gasteiger partial charge in [-0.2, -0.15) is 0 Å². The number of ether oxygens (including phenoxy) is 2. The van der Waals surface area contributed by atoms with E-state index in [2.05, 4.69) is 5.32 Å². The predicted octanol–water partition coefficient (Wildman–Crippen LogP) is 6.06. The summed E-state index contributed by atoms with van der Waals surface area (Å²) >= 11 is 6.34. The molecule has 3 amide bonds. The Labute approximate surface area is 297 Å². The molecule has 0 heterocycles. The van der Waals surface area contributed by atoms with Gasteiger partial charge in [0.15, 0.2) is 0 Å². The Morgan fingerprint density at radius 1 is 0.720 bits per heavy atom. The fraction of sp³-hybridized carbons (Fsp3) is 0.282. The van der Waals surface area contributed by atoms with Gasteiger partial charge in [-0.15, -0.1) is 0 Å². The highest BCUT2D eigenvalue weighted by Gasteiger charge is 2.38. The molecule has 2 atom stereocenters. The van der Waals surface area contributed by atoms with Gasteiger partial charge in [0.25, 0.3) is 5.91 Å². The third-order valence-corrected chi connectivity index (χ3v) is 8.40. The fourth-order valence-electron chi connectivity index (χ4n) is 5.32. The van der Waals surface area contributed by atoms with Crippen molar-refractivity contribution in [1.82, 2.24) is 10.2 Å². The normalized spacial score (nSPS) is 12.1. The lowest BCUT2D eigenvalue weighted by atomic mass is 9.96. The topological polar surface area (TPSA) is 154 Å². The van der Waals surface area contributed by atoms with Crippen molar-refractivity contribution in [1.29, 1.82) is 0 Å². The third kappa shape index (κ3) is 11.3. The number of hydrogen-bond donors (Lipinski definition) is 3. The van der Waals surface area contributed by atoms with E-state index in [1.165, 1.54) is 0 Å². The maximum atomic E-state index is 14.7. The number of unbranched alkanes of at least 4 members (excludes halogenated alkanes) is 1.